The monoisotopic (exact) mass is 374 g/mol. The molecule has 0 unspecified atom stereocenters. The van der Waals surface area contributed by atoms with Gasteiger partial charge in [-0.15, -0.1) is 0 Å². The molecule has 0 N–H and O–H groups in total. The Kier molecular flexibility index (Phi) is 6.05. The summed E-state index contributed by atoms with van der Waals surface area (Å²) < 4.78 is 15.2. The zero-order valence-corrected chi connectivity index (χ0v) is 15.2. The minimum atomic E-state index is -0.538. The van der Waals surface area contributed by atoms with E-state index in [2.05, 4.69) is 5.16 Å². The largest absolute Gasteiger partial charge is 0.466 e. The summed E-state index contributed by atoms with van der Waals surface area (Å²) in [5.41, 5.74) is 1.08. The van der Waals surface area contributed by atoms with Crippen molar-refractivity contribution in [2.75, 3.05) is 26.3 Å². The number of nitrogens with zero attached hydrogens (tertiary/aromatic N) is 2. The molecule has 3 rings (SSSR count). The number of likely N-dealkylation sites (tertiary alicyclic amines) is 1. The lowest BCUT2D eigenvalue weighted by Gasteiger charge is -2.30. The Hall–Kier alpha value is -2.90. The summed E-state index contributed by atoms with van der Waals surface area (Å²) in [6.07, 6.45) is 1.06. The third-order valence-electron chi connectivity index (χ3n) is 4.59. The molecular weight excluding hydrogens is 352 g/mol. The van der Waals surface area contributed by atoms with E-state index in [-0.39, 0.29) is 30.8 Å². The smallest absolute Gasteiger partial charge is 0.312 e. The molecule has 0 spiro atoms. The number of fused-ring (bicyclic) bond motifs is 1. The first-order valence-corrected chi connectivity index (χ1v) is 9.01. The van der Waals surface area contributed by atoms with Crippen molar-refractivity contribution in [1.82, 2.24) is 10.1 Å². The average molecular weight is 374 g/mol. The fourth-order valence-corrected chi connectivity index (χ4v) is 3.11. The number of benzene rings is 1. The van der Waals surface area contributed by atoms with E-state index in [1.54, 1.807) is 17.9 Å². The van der Waals surface area contributed by atoms with E-state index < -0.39 is 5.97 Å². The van der Waals surface area contributed by atoms with Crippen LogP contribution in [0, 0.1) is 5.92 Å². The summed E-state index contributed by atoms with van der Waals surface area (Å²) in [5.74, 6) is -1.19. The zero-order valence-electron chi connectivity index (χ0n) is 15.2. The van der Waals surface area contributed by atoms with Gasteiger partial charge in [-0.2, -0.15) is 0 Å². The Morgan fingerprint density at radius 3 is 2.67 bits per heavy atom. The number of hydrogen-bond acceptors (Lipinski definition) is 7. The summed E-state index contributed by atoms with van der Waals surface area (Å²) in [6, 6.07) is 7.23. The second-order valence-electron chi connectivity index (χ2n) is 6.37. The molecule has 1 fully saturated rings. The number of ether oxygens (including phenoxy) is 2. The number of carbonyl (C=O) groups is 3. The van der Waals surface area contributed by atoms with Gasteiger partial charge in [0.2, 0.25) is 0 Å². The molecule has 1 aromatic carbocycles. The molecule has 1 amide bonds. The van der Waals surface area contributed by atoms with Crippen molar-refractivity contribution >= 4 is 28.8 Å². The summed E-state index contributed by atoms with van der Waals surface area (Å²) in [4.78, 5) is 37.6. The van der Waals surface area contributed by atoms with Crippen LogP contribution in [0.1, 0.15) is 25.5 Å². The highest BCUT2D eigenvalue weighted by atomic mass is 16.5. The van der Waals surface area contributed by atoms with Gasteiger partial charge in [-0.3, -0.25) is 14.4 Å². The van der Waals surface area contributed by atoms with Gasteiger partial charge in [0.25, 0.3) is 5.91 Å². The van der Waals surface area contributed by atoms with Gasteiger partial charge in [0.15, 0.2) is 12.2 Å². The molecule has 1 aromatic heterocycles. The number of para-hydroxylation sites is 1. The number of piperidine rings is 1. The van der Waals surface area contributed by atoms with Gasteiger partial charge in [0.1, 0.15) is 5.69 Å². The Morgan fingerprint density at radius 1 is 1.19 bits per heavy atom. The number of amides is 1. The Balaban J connectivity index is 1.44. The van der Waals surface area contributed by atoms with E-state index in [9.17, 15) is 14.4 Å². The summed E-state index contributed by atoms with van der Waals surface area (Å²) in [6.45, 7) is 2.71. The summed E-state index contributed by atoms with van der Waals surface area (Å²) >= 11 is 0. The molecule has 2 aromatic rings. The minimum absolute atomic E-state index is 0.0603. The van der Waals surface area contributed by atoms with Crippen LogP contribution in [-0.2, 0) is 30.3 Å². The van der Waals surface area contributed by atoms with Crippen molar-refractivity contribution < 1.29 is 28.4 Å². The van der Waals surface area contributed by atoms with Gasteiger partial charge in [-0.25, -0.2) is 0 Å². The van der Waals surface area contributed by atoms with Crippen LogP contribution >= 0.6 is 0 Å². The molecule has 0 atom stereocenters. The van der Waals surface area contributed by atoms with Crippen molar-refractivity contribution in [3.8, 4) is 0 Å². The molecule has 0 radical (unpaired) electrons. The highest BCUT2D eigenvalue weighted by molar-refractivity contribution is 5.85. The predicted molar refractivity (Wildman–Crippen MR) is 94.6 cm³/mol. The van der Waals surface area contributed by atoms with Crippen molar-refractivity contribution in [2.24, 2.45) is 5.92 Å². The Labute approximate surface area is 156 Å². The molecule has 144 valence electrons. The fourth-order valence-electron chi connectivity index (χ4n) is 3.11. The second kappa shape index (κ2) is 8.66. The number of hydrogen-bond donors (Lipinski definition) is 0. The molecule has 0 aliphatic carbocycles. The predicted octanol–water partition coefficient (Wildman–Crippen LogP) is 1.72. The number of aromatic nitrogens is 1. The second-order valence-corrected chi connectivity index (χ2v) is 6.37. The molecule has 8 nitrogen and oxygen atoms in total. The quantitative estimate of drug-likeness (QED) is 0.710. The van der Waals surface area contributed by atoms with Crippen molar-refractivity contribution in [3.63, 3.8) is 0 Å². The van der Waals surface area contributed by atoms with Crippen LogP contribution < -0.4 is 0 Å². The van der Waals surface area contributed by atoms with E-state index in [1.807, 2.05) is 18.2 Å². The van der Waals surface area contributed by atoms with Crippen LogP contribution in [0.2, 0.25) is 0 Å². The first-order valence-electron chi connectivity index (χ1n) is 9.01. The topological polar surface area (TPSA) is 98.9 Å². The summed E-state index contributed by atoms with van der Waals surface area (Å²) in [7, 11) is 0. The lowest BCUT2D eigenvalue weighted by atomic mass is 9.97. The van der Waals surface area contributed by atoms with E-state index in [1.165, 1.54) is 0 Å². The standard InChI is InChI=1S/C19H22N2O6/c1-2-25-19(24)13-7-9-21(10-8-13)17(22)12-26-18(23)11-15-14-5-3-4-6-16(14)27-20-15/h3-6,13H,2,7-12H2,1H3. The maximum atomic E-state index is 12.2. The first kappa shape index (κ1) is 18.9. The van der Waals surface area contributed by atoms with Crippen molar-refractivity contribution in [3.05, 3.63) is 30.0 Å². The normalized spacial score (nSPS) is 14.9. The molecule has 0 saturated carbocycles. The molecule has 27 heavy (non-hydrogen) atoms. The van der Waals surface area contributed by atoms with Gasteiger partial charge in [-0.1, -0.05) is 17.3 Å². The van der Waals surface area contributed by atoms with E-state index in [4.69, 9.17) is 14.0 Å². The first-order chi connectivity index (χ1) is 13.1. The fraction of sp³-hybridized carbons (Fsp3) is 0.474. The molecule has 0 bridgehead atoms. The molecule has 1 aliphatic heterocycles. The Morgan fingerprint density at radius 2 is 1.93 bits per heavy atom. The number of esters is 2. The van der Waals surface area contributed by atoms with Crippen molar-refractivity contribution in [2.45, 2.75) is 26.2 Å². The van der Waals surface area contributed by atoms with Crippen LogP contribution in [0.15, 0.2) is 28.8 Å². The average Bonchev–Trinajstić information content (AvgIpc) is 3.09. The van der Waals surface area contributed by atoms with E-state index in [0.29, 0.717) is 43.8 Å². The molecule has 2 heterocycles. The highest BCUT2D eigenvalue weighted by Gasteiger charge is 2.28. The van der Waals surface area contributed by atoms with Crippen LogP contribution in [-0.4, -0.2) is 54.2 Å². The van der Waals surface area contributed by atoms with Crippen LogP contribution in [0.3, 0.4) is 0 Å². The minimum Gasteiger partial charge on any atom is -0.466 e. The maximum Gasteiger partial charge on any atom is 0.312 e. The zero-order chi connectivity index (χ0) is 19.2. The molecule has 1 aliphatic rings. The SMILES string of the molecule is CCOC(=O)C1CCN(C(=O)COC(=O)Cc2noc3ccccc23)CC1. The van der Waals surface area contributed by atoms with Gasteiger partial charge >= 0.3 is 11.9 Å². The third-order valence-corrected chi connectivity index (χ3v) is 4.59. The molecule has 1 saturated heterocycles. The summed E-state index contributed by atoms with van der Waals surface area (Å²) in [5, 5.41) is 4.63. The lowest BCUT2D eigenvalue weighted by Crippen LogP contribution is -2.42. The highest BCUT2D eigenvalue weighted by Crippen LogP contribution is 2.20. The van der Waals surface area contributed by atoms with Gasteiger partial charge < -0.3 is 18.9 Å². The maximum absolute atomic E-state index is 12.2. The lowest BCUT2D eigenvalue weighted by molar-refractivity contribution is -0.154. The molecule has 8 heteroatoms. The Bertz CT molecular complexity index is 822. The number of carbonyl (C=O) groups excluding carboxylic acids is 3. The van der Waals surface area contributed by atoms with Crippen molar-refractivity contribution in [1.29, 1.82) is 0 Å². The van der Waals surface area contributed by atoms with E-state index in [0.717, 1.165) is 5.39 Å². The third kappa shape index (κ3) is 4.64. The van der Waals surface area contributed by atoms with Gasteiger partial charge in [0, 0.05) is 18.5 Å². The number of rotatable bonds is 6. The van der Waals surface area contributed by atoms with Crippen LogP contribution in [0.4, 0.5) is 0 Å². The van der Waals surface area contributed by atoms with E-state index >= 15 is 0 Å². The molecular formula is C19H22N2O6. The van der Waals surface area contributed by atoms with Gasteiger partial charge in [-0.05, 0) is 31.9 Å². The van der Waals surface area contributed by atoms with Gasteiger partial charge in [0.05, 0.1) is 18.9 Å². The van der Waals surface area contributed by atoms with Crippen LogP contribution in [0.25, 0.3) is 11.0 Å². The van der Waals surface area contributed by atoms with Crippen LogP contribution in [0.5, 0.6) is 0 Å².